The van der Waals surface area contributed by atoms with Crippen molar-refractivity contribution in [1.29, 1.82) is 0 Å². The van der Waals surface area contributed by atoms with Gasteiger partial charge in [0.2, 0.25) is 0 Å². The molecule has 0 unspecified atom stereocenters. The summed E-state index contributed by atoms with van der Waals surface area (Å²) in [5.41, 5.74) is 4.85. The predicted octanol–water partition coefficient (Wildman–Crippen LogP) is 4.70. The molecule has 0 amide bonds. The van der Waals surface area contributed by atoms with Gasteiger partial charge < -0.3 is 5.32 Å². The van der Waals surface area contributed by atoms with Gasteiger partial charge in [-0.25, -0.2) is 4.98 Å². The highest BCUT2D eigenvalue weighted by atomic mass is 79.9. The number of thiazole rings is 1. The van der Waals surface area contributed by atoms with Crippen LogP contribution in [0.1, 0.15) is 28.8 Å². The Bertz CT molecular complexity index is 525. The average molecular weight is 325 g/mol. The zero-order valence-electron chi connectivity index (χ0n) is 10.9. The Kier molecular flexibility index (Phi) is 4.40. The number of hydrogen-bond acceptors (Lipinski definition) is 3. The van der Waals surface area contributed by atoms with Gasteiger partial charge in [0, 0.05) is 15.5 Å². The summed E-state index contributed by atoms with van der Waals surface area (Å²) in [7, 11) is 0. The van der Waals surface area contributed by atoms with Crippen LogP contribution in [0.15, 0.2) is 22.0 Å². The molecule has 0 saturated heterocycles. The molecule has 0 aliphatic heterocycles. The molecule has 0 saturated carbocycles. The van der Waals surface area contributed by atoms with Crippen LogP contribution >= 0.6 is 27.3 Å². The molecule has 0 aliphatic rings. The minimum absolute atomic E-state index is 0.791. The summed E-state index contributed by atoms with van der Waals surface area (Å²) in [5, 5.41) is 6.82. The van der Waals surface area contributed by atoms with Gasteiger partial charge >= 0.3 is 0 Å². The van der Waals surface area contributed by atoms with E-state index in [0.717, 1.165) is 23.1 Å². The molecule has 0 radical (unpaired) electrons. The van der Waals surface area contributed by atoms with E-state index in [0.29, 0.717) is 0 Å². The van der Waals surface area contributed by atoms with Gasteiger partial charge in [0.05, 0.1) is 17.2 Å². The Morgan fingerprint density at radius 2 is 1.94 bits per heavy atom. The summed E-state index contributed by atoms with van der Waals surface area (Å²) in [6.07, 6.45) is 1.01. The average Bonchev–Trinajstić information content (AvgIpc) is 2.75. The number of anilines is 1. The van der Waals surface area contributed by atoms with Crippen LogP contribution in [0.5, 0.6) is 0 Å². The first kappa shape index (κ1) is 13.6. The van der Waals surface area contributed by atoms with Gasteiger partial charge in [0.1, 0.15) is 0 Å². The molecule has 0 aliphatic carbocycles. The van der Waals surface area contributed by atoms with Gasteiger partial charge in [-0.1, -0.05) is 22.9 Å². The lowest BCUT2D eigenvalue weighted by molar-refractivity contribution is 1.01. The van der Waals surface area contributed by atoms with Crippen LogP contribution in [0.4, 0.5) is 5.69 Å². The summed E-state index contributed by atoms with van der Waals surface area (Å²) >= 11 is 5.25. The van der Waals surface area contributed by atoms with E-state index in [1.165, 1.54) is 21.8 Å². The highest BCUT2D eigenvalue weighted by molar-refractivity contribution is 9.10. The molecule has 2 nitrogen and oxygen atoms in total. The molecule has 96 valence electrons. The fourth-order valence-corrected chi connectivity index (χ4v) is 3.39. The Hall–Kier alpha value is -0.870. The Morgan fingerprint density at radius 3 is 2.50 bits per heavy atom. The van der Waals surface area contributed by atoms with E-state index in [2.05, 4.69) is 64.5 Å². The van der Waals surface area contributed by atoms with E-state index >= 15 is 0 Å². The van der Waals surface area contributed by atoms with Crippen molar-refractivity contribution in [3.8, 4) is 0 Å². The first-order valence-corrected chi connectivity index (χ1v) is 7.71. The maximum Gasteiger partial charge on any atom is 0.0926 e. The van der Waals surface area contributed by atoms with Crippen LogP contribution in [0.2, 0.25) is 0 Å². The molecule has 1 N–H and O–H groups in total. The number of nitrogens with one attached hydrogen (secondary N) is 1. The molecular weight excluding hydrogens is 308 g/mol. The highest BCUT2D eigenvalue weighted by Gasteiger charge is 2.05. The van der Waals surface area contributed by atoms with Gasteiger partial charge in [0.25, 0.3) is 0 Å². The minimum Gasteiger partial charge on any atom is -0.379 e. The molecule has 4 heteroatoms. The van der Waals surface area contributed by atoms with E-state index < -0.39 is 0 Å². The van der Waals surface area contributed by atoms with Crippen LogP contribution in [-0.4, -0.2) is 4.98 Å². The van der Waals surface area contributed by atoms with Crippen molar-refractivity contribution in [3.63, 3.8) is 0 Å². The highest BCUT2D eigenvalue weighted by Crippen LogP contribution is 2.25. The smallest absolute Gasteiger partial charge is 0.0926 e. The van der Waals surface area contributed by atoms with Crippen LogP contribution < -0.4 is 5.32 Å². The van der Waals surface area contributed by atoms with Gasteiger partial charge in [-0.3, -0.25) is 0 Å². The fourth-order valence-electron chi connectivity index (χ4n) is 1.96. The molecule has 0 spiro atoms. The van der Waals surface area contributed by atoms with E-state index in [1.807, 2.05) is 0 Å². The third-order valence-corrected chi connectivity index (χ3v) is 4.35. The number of rotatable bonds is 4. The Labute approximate surface area is 121 Å². The third-order valence-electron chi connectivity index (χ3n) is 2.85. The van der Waals surface area contributed by atoms with Crippen LogP contribution in [0.3, 0.4) is 0 Å². The maximum absolute atomic E-state index is 4.57. The van der Waals surface area contributed by atoms with E-state index in [4.69, 9.17) is 0 Å². The Morgan fingerprint density at radius 1 is 1.28 bits per heavy atom. The summed E-state index contributed by atoms with van der Waals surface area (Å²) in [5.74, 6) is 0. The van der Waals surface area contributed by atoms with Gasteiger partial charge in [-0.15, -0.1) is 11.3 Å². The lowest BCUT2D eigenvalue weighted by Gasteiger charge is -2.12. The SMILES string of the molecule is CCc1nc(CNc2c(C)cc(Br)cc2C)cs1. The molecule has 1 heterocycles. The Balaban J connectivity index is 2.10. The van der Waals surface area contributed by atoms with Gasteiger partial charge in [-0.05, 0) is 43.5 Å². The second-order valence-electron chi connectivity index (χ2n) is 4.35. The number of halogens is 1. The van der Waals surface area contributed by atoms with E-state index in [1.54, 1.807) is 11.3 Å². The van der Waals surface area contributed by atoms with Crippen molar-refractivity contribution in [2.75, 3.05) is 5.32 Å². The van der Waals surface area contributed by atoms with Crippen molar-refractivity contribution in [2.45, 2.75) is 33.7 Å². The van der Waals surface area contributed by atoms with Crippen LogP contribution in [0, 0.1) is 13.8 Å². The van der Waals surface area contributed by atoms with Crippen molar-refractivity contribution in [3.05, 3.63) is 43.8 Å². The van der Waals surface area contributed by atoms with Crippen LogP contribution in [0.25, 0.3) is 0 Å². The topological polar surface area (TPSA) is 24.9 Å². The number of aryl methyl sites for hydroxylation is 3. The molecule has 0 bridgehead atoms. The van der Waals surface area contributed by atoms with Gasteiger partial charge in [-0.2, -0.15) is 0 Å². The van der Waals surface area contributed by atoms with Crippen molar-refractivity contribution < 1.29 is 0 Å². The van der Waals surface area contributed by atoms with Gasteiger partial charge in [0.15, 0.2) is 0 Å². The van der Waals surface area contributed by atoms with Crippen LogP contribution in [-0.2, 0) is 13.0 Å². The van der Waals surface area contributed by atoms with Crippen molar-refractivity contribution in [1.82, 2.24) is 4.98 Å². The summed E-state index contributed by atoms with van der Waals surface area (Å²) in [4.78, 5) is 4.57. The second-order valence-corrected chi connectivity index (χ2v) is 6.21. The minimum atomic E-state index is 0.791. The number of benzene rings is 1. The van der Waals surface area contributed by atoms with Crippen molar-refractivity contribution >= 4 is 33.0 Å². The largest absolute Gasteiger partial charge is 0.379 e. The summed E-state index contributed by atoms with van der Waals surface area (Å²) < 4.78 is 1.13. The van der Waals surface area contributed by atoms with Crippen molar-refractivity contribution in [2.24, 2.45) is 0 Å². The molecule has 1 aromatic carbocycles. The third kappa shape index (κ3) is 3.12. The number of nitrogens with zero attached hydrogens (tertiary/aromatic N) is 1. The molecule has 2 rings (SSSR count). The predicted molar refractivity (Wildman–Crippen MR) is 82.4 cm³/mol. The van der Waals surface area contributed by atoms with E-state index in [-0.39, 0.29) is 0 Å². The standard InChI is InChI=1S/C14H17BrN2S/c1-4-13-17-12(8-18-13)7-16-14-9(2)5-11(15)6-10(14)3/h5-6,8,16H,4,7H2,1-3H3. The molecule has 1 aromatic heterocycles. The zero-order valence-corrected chi connectivity index (χ0v) is 13.3. The molecule has 0 fully saturated rings. The summed E-state index contributed by atoms with van der Waals surface area (Å²) in [6, 6.07) is 4.27. The maximum atomic E-state index is 4.57. The number of aromatic nitrogens is 1. The number of hydrogen-bond donors (Lipinski definition) is 1. The normalized spacial score (nSPS) is 10.7. The zero-order chi connectivity index (χ0) is 13.1. The summed E-state index contributed by atoms with van der Waals surface area (Å²) in [6.45, 7) is 7.18. The fraction of sp³-hybridized carbons (Fsp3) is 0.357. The first-order valence-electron chi connectivity index (χ1n) is 6.04. The monoisotopic (exact) mass is 324 g/mol. The van der Waals surface area contributed by atoms with E-state index in [9.17, 15) is 0 Å². The molecule has 0 atom stereocenters. The first-order chi connectivity index (χ1) is 8.60. The molecular formula is C14H17BrN2S. The molecule has 2 aromatic rings. The second kappa shape index (κ2) is 5.85. The quantitative estimate of drug-likeness (QED) is 0.881. The lowest BCUT2D eigenvalue weighted by Crippen LogP contribution is -2.03. The molecule has 18 heavy (non-hydrogen) atoms. The lowest BCUT2D eigenvalue weighted by atomic mass is 10.1.